The lowest BCUT2D eigenvalue weighted by Crippen LogP contribution is -2.40. The predicted octanol–water partition coefficient (Wildman–Crippen LogP) is 3.57. The van der Waals surface area contributed by atoms with Gasteiger partial charge in [-0.1, -0.05) is 47.6 Å². The van der Waals surface area contributed by atoms with Crippen LogP contribution in [0, 0.1) is 0 Å². The van der Waals surface area contributed by atoms with Gasteiger partial charge in [0.15, 0.2) is 21.3 Å². The largest absolute Gasteiger partial charge is 0.494 e. The lowest BCUT2D eigenvalue weighted by atomic mass is 10.1. The van der Waals surface area contributed by atoms with Gasteiger partial charge in [-0.2, -0.15) is 0 Å². The van der Waals surface area contributed by atoms with Gasteiger partial charge < -0.3 is 14.2 Å². The molecule has 162 valence electrons. The summed E-state index contributed by atoms with van der Waals surface area (Å²) in [5.41, 5.74) is 1.86. The average Bonchev–Trinajstić information content (AvgIpc) is 3.40. The molecule has 0 saturated carbocycles. The molecule has 1 amide bonds. The molecule has 1 aliphatic heterocycles. The topological polar surface area (TPSA) is 89.7 Å². The molecule has 1 aromatic heterocycles. The summed E-state index contributed by atoms with van der Waals surface area (Å²) in [5.74, 6) is 0.931. The van der Waals surface area contributed by atoms with Crippen LogP contribution in [0.3, 0.4) is 0 Å². The molecule has 1 aliphatic rings. The highest BCUT2D eigenvalue weighted by molar-refractivity contribution is 7.91. The van der Waals surface area contributed by atoms with Crippen LogP contribution in [0.15, 0.2) is 65.2 Å². The zero-order valence-electron chi connectivity index (χ0n) is 17.2. The Morgan fingerprint density at radius 1 is 1.16 bits per heavy atom. The molecule has 1 atom stereocenters. The zero-order chi connectivity index (χ0) is 21.8. The van der Waals surface area contributed by atoms with Gasteiger partial charge in [0.2, 0.25) is 0 Å². The molecular weight excluding hydrogens is 416 g/mol. The third-order valence-corrected chi connectivity index (χ3v) is 7.04. The monoisotopic (exact) mass is 440 g/mol. The number of rotatable bonds is 7. The van der Waals surface area contributed by atoms with E-state index in [-0.39, 0.29) is 29.7 Å². The van der Waals surface area contributed by atoms with Crippen LogP contribution >= 0.6 is 0 Å². The Hall–Kier alpha value is -3.13. The number of hydrogen-bond acceptors (Lipinski definition) is 6. The number of aromatic nitrogens is 1. The quantitative estimate of drug-likeness (QED) is 0.558. The van der Waals surface area contributed by atoms with Gasteiger partial charge in [0, 0.05) is 24.2 Å². The molecule has 1 fully saturated rings. The van der Waals surface area contributed by atoms with Crippen LogP contribution in [-0.4, -0.2) is 48.5 Å². The third-order valence-electron chi connectivity index (χ3n) is 5.28. The summed E-state index contributed by atoms with van der Waals surface area (Å²) in [7, 11) is -3.16. The van der Waals surface area contributed by atoms with E-state index in [1.807, 2.05) is 61.5 Å². The van der Waals surface area contributed by atoms with Crippen LogP contribution in [0.1, 0.15) is 29.4 Å². The highest BCUT2D eigenvalue weighted by atomic mass is 32.2. The van der Waals surface area contributed by atoms with Crippen LogP contribution in [0.5, 0.6) is 5.75 Å². The molecule has 2 heterocycles. The molecule has 0 spiro atoms. The number of ether oxygens (including phenoxy) is 1. The fourth-order valence-electron chi connectivity index (χ4n) is 3.70. The molecule has 1 saturated heterocycles. The molecule has 31 heavy (non-hydrogen) atoms. The average molecular weight is 441 g/mol. The fourth-order valence-corrected chi connectivity index (χ4v) is 5.43. The number of amides is 1. The lowest BCUT2D eigenvalue weighted by Gasteiger charge is -2.27. The van der Waals surface area contributed by atoms with Gasteiger partial charge in [0.1, 0.15) is 5.75 Å². The Labute approximate surface area is 181 Å². The van der Waals surface area contributed by atoms with E-state index in [0.29, 0.717) is 18.8 Å². The van der Waals surface area contributed by atoms with Gasteiger partial charge in [0.05, 0.1) is 18.1 Å². The first-order valence-corrected chi connectivity index (χ1v) is 12.0. The Kier molecular flexibility index (Phi) is 6.08. The van der Waals surface area contributed by atoms with Crippen molar-refractivity contribution < 1.29 is 22.5 Å². The van der Waals surface area contributed by atoms with Gasteiger partial charge in [-0.05, 0) is 31.0 Å². The molecule has 0 unspecified atom stereocenters. The number of hydrogen-bond donors (Lipinski definition) is 0. The number of nitrogens with zero attached hydrogens (tertiary/aromatic N) is 2. The second-order valence-corrected chi connectivity index (χ2v) is 9.74. The zero-order valence-corrected chi connectivity index (χ0v) is 18.0. The second-order valence-electron chi connectivity index (χ2n) is 7.51. The van der Waals surface area contributed by atoms with Crippen LogP contribution in [0.4, 0.5) is 0 Å². The van der Waals surface area contributed by atoms with Gasteiger partial charge in [-0.25, -0.2) is 8.42 Å². The predicted molar refractivity (Wildman–Crippen MR) is 116 cm³/mol. The van der Waals surface area contributed by atoms with Crippen LogP contribution in [0.25, 0.3) is 11.3 Å². The molecule has 8 heteroatoms. The van der Waals surface area contributed by atoms with Gasteiger partial charge >= 0.3 is 0 Å². The number of benzene rings is 2. The SMILES string of the molecule is CCOc1ccc(CN(C(=O)c2cc(-c3ccccc3)on2)[C@H]2CCS(=O)(=O)C2)cc1. The van der Waals surface area contributed by atoms with Crippen molar-refractivity contribution in [1.29, 1.82) is 0 Å². The Morgan fingerprint density at radius 2 is 1.90 bits per heavy atom. The van der Waals surface area contributed by atoms with Crippen LogP contribution in [0.2, 0.25) is 0 Å². The van der Waals surface area contributed by atoms with Gasteiger partial charge in [0.25, 0.3) is 5.91 Å². The van der Waals surface area contributed by atoms with Crippen molar-refractivity contribution in [2.75, 3.05) is 18.1 Å². The van der Waals surface area contributed by atoms with E-state index >= 15 is 0 Å². The first kappa shape index (κ1) is 21.1. The Bertz CT molecular complexity index is 1140. The van der Waals surface area contributed by atoms with Crippen molar-refractivity contribution in [1.82, 2.24) is 10.1 Å². The van der Waals surface area contributed by atoms with Crippen molar-refractivity contribution in [2.24, 2.45) is 0 Å². The highest BCUT2D eigenvalue weighted by Gasteiger charge is 2.36. The summed E-state index contributed by atoms with van der Waals surface area (Å²) in [6.07, 6.45) is 0.411. The lowest BCUT2D eigenvalue weighted by molar-refractivity contribution is 0.0670. The van der Waals surface area contributed by atoms with E-state index in [0.717, 1.165) is 16.9 Å². The molecule has 2 aromatic carbocycles. The summed E-state index contributed by atoms with van der Waals surface area (Å²) in [6.45, 7) is 2.76. The van der Waals surface area contributed by atoms with Crippen molar-refractivity contribution in [3.05, 3.63) is 71.9 Å². The Balaban J connectivity index is 1.59. The molecule has 7 nitrogen and oxygen atoms in total. The van der Waals surface area contributed by atoms with Gasteiger partial charge in [-0.3, -0.25) is 4.79 Å². The third kappa shape index (κ3) is 4.96. The summed E-state index contributed by atoms with van der Waals surface area (Å²) < 4.78 is 35.0. The Morgan fingerprint density at radius 3 is 2.55 bits per heavy atom. The van der Waals surface area contributed by atoms with E-state index in [4.69, 9.17) is 9.26 Å². The molecule has 4 rings (SSSR count). The number of sulfone groups is 1. The smallest absolute Gasteiger partial charge is 0.276 e. The van der Waals surface area contributed by atoms with Crippen molar-refractivity contribution in [3.8, 4) is 17.1 Å². The maximum atomic E-state index is 13.3. The first-order chi connectivity index (χ1) is 14.9. The van der Waals surface area contributed by atoms with E-state index < -0.39 is 15.9 Å². The van der Waals surface area contributed by atoms with Gasteiger partial charge in [-0.15, -0.1) is 0 Å². The van der Waals surface area contributed by atoms with Crippen LogP contribution < -0.4 is 4.74 Å². The van der Waals surface area contributed by atoms with Crippen LogP contribution in [-0.2, 0) is 16.4 Å². The van der Waals surface area contributed by atoms with E-state index in [2.05, 4.69) is 5.16 Å². The molecule has 0 bridgehead atoms. The summed E-state index contributed by atoms with van der Waals surface area (Å²) in [4.78, 5) is 14.9. The molecule has 0 N–H and O–H groups in total. The highest BCUT2D eigenvalue weighted by Crippen LogP contribution is 2.25. The minimum absolute atomic E-state index is 0.0425. The molecular formula is C23H24N2O5S. The number of carbonyl (C=O) groups excluding carboxylic acids is 1. The van der Waals surface area contributed by atoms with Crippen molar-refractivity contribution in [3.63, 3.8) is 0 Å². The standard InChI is InChI=1S/C23H24N2O5S/c1-2-29-20-10-8-17(9-11-20)15-25(19-12-13-31(27,28)16-19)23(26)21-14-22(30-24-21)18-6-4-3-5-7-18/h3-11,14,19H,2,12-13,15-16H2,1H3/t19-/m0/s1. The normalized spacial score (nSPS) is 17.4. The second kappa shape index (κ2) is 8.93. The summed E-state index contributed by atoms with van der Waals surface area (Å²) >= 11 is 0. The summed E-state index contributed by atoms with van der Waals surface area (Å²) in [6, 6.07) is 18.0. The number of carbonyl (C=O) groups is 1. The maximum absolute atomic E-state index is 13.3. The minimum Gasteiger partial charge on any atom is -0.494 e. The van der Waals surface area contributed by atoms with Crippen molar-refractivity contribution in [2.45, 2.75) is 25.9 Å². The van der Waals surface area contributed by atoms with E-state index in [9.17, 15) is 13.2 Å². The maximum Gasteiger partial charge on any atom is 0.276 e. The van der Waals surface area contributed by atoms with E-state index in [1.165, 1.54) is 0 Å². The first-order valence-electron chi connectivity index (χ1n) is 10.2. The minimum atomic E-state index is -3.16. The van der Waals surface area contributed by atoms with Crippen molar-refractivity contribution >= 4 is 15.7 Å². The summed E-state index contributed by atoms with van der Waals surface area (Å²) in [5, 5.41) is 3.97. The molecule has 0 aliphatic carbocycles. The molecule has 0 radical (unpaired) electrons. The van der Waals surface area contributed by atoms with E-state index in [1.54, 1.807) is 11.0 Å². The fraction of sp³-hybridized carbons (Fsp3) is 0.304. The molecule has 3 aromatic rings.